The quantitative estimate of drug-likeness (QED) is 0.687. The summed E-state index contributed by atoms with van der Waals surface area (Å²) in [7, 11) is 0. The van der Waals surface area contributed by atoms with Crippen LogP contribution in [0.5, 0.6) is 0 Å². The fourth-order valence-corrected chi connectivity index (χ4v) is 3.00. The van der Waals surface area contributed by atoms with Gasteiger partial charge in [0, 0.05) is 11.8 Å². The molecule has 0 aromatic heterocycles. The molecule has 0 unspecified atom stereocenters. The van der Waals surface area contributed by atoms with Crippen LogP contribution in [0.3, 0.4) is 0 Å². The normalized spacial score (nSPS) is 15.7. The fraction of sp³-hybridized carbons (Fsp3) is 0.294. The van der Waals surface area contributed by atoms with Crippen LogP contribution in [0, 0.1) is 10.1 Å². The first-order valence-corrected chi connectivity index (χ1v) is 7.60. The Kier molecular flexibility index (Phi) is 4.34. The monoisotopic (exact) mass is 298 g/mol. The lowest BCUT2D eigenvalue weighted by molar-refractivity contribution is -0.914. The molecule has 1 N–H and O–H groups in total. The van der Waals surface area contributed by atoms with E-state index < -0.39 is 0 Å². The highest BCUT2D eigenvalue weighted by molar-refractivity contribution is 5.46. The van der Waals surface area contributed by atoms with Crippen LogP contribution in [-0.4, -0.2) is 31.1 Å². The van der Waals surface area contributed by atoms with Crippen molar-refractivity contribution in [1.29, 1.82) is 0 Å². The standard InChI is InChI=1S/C17H19N3O2/c21-20(22)17-9-5-4-6-15(17)14-18-10-12-19(13-11-18)16-7-2-1-3-8-16/h1-9H,10-14H2/p+1. The topological polar surface area (TPSA) is 50.8 Å². The van der Waals surface area contributed by atoms with E-state index in [1.165, 1.54) is 10.6 Å². The van der Waals surface area contributed by atoms with Crippen molar-refractivity contribution in [2.75, 3.05) is 31.1 Å². The number of rotatable bonds is 4. The summed E-state index contributed by atoms with van der Waals surface area (Å²) in [5.74, 6) is 0. The number of benzene rings is 2. The van der Waals surface area contributed by atoms with Crippen molar-refractivity contribution < 1.29 is 9.82 Å². The minimum atomic E-state index is -0.283. The molecular weight excluding hydrogens is 278 g/mol. The summed E-state index contributed by atoms with van der Waals surface area (Å²) in [6.07, 6.45) is 0. The molecule has 0 saturated carbocycles. The van der Waals surface area contributed by atoms with Crippen LogP contribution in [0.2, 0.25) is 0 Å². The van der Waals surface area contributed by atoms with Gasteiger partial charge in [-0.2, -0.15) is 0 Å². The van der Waals surface area contributed by atoms with Crippen LogP contribution in [0.4, 0.5) is 11.4 Å². The Morgan fingerprint density at radius 3 is 2.32 bits per heavy atom. The summed E-state index contributed by atoms with van der Waals surface area (Å²) in [6, 6.07) is 17.5. The number of hydrogen-bond donors (Lipinski definition) is 1. The predicted molar refractivity (Wildman–Crippen MR) is 86.2 cm³/mol. The third kappa shape index (κ3) is 3.26. The molecule has 1 saturated heterocycles. The van der Waals surface area contributed by atoms with Crippen LogP contribution < -0.4 is 9.80 Å². The van der Waals surface area contributed by atoms with Gasteiger partial charge >= 0.3 is 0 Å². The van der Waals surface area contributed by atoms with E-state index in [0.29, 0.717) is 0 Å². The third-order valence-corrected chi connectivity index (χ3v) is 4.22. The van der Waals surface area contributed by atoms with Gasteiger partial charge < -0.3 is 9.80 Å². The van der Waals surface area contributed by atoms with Crippen molar-refractivity contribution in [1.82, 2.24) is 0 Å². The smallest absolute Gasteiger partial charge is 0.278 e. The number of anilines is 1. The molecule has 0 radical (unpaired) electrons. The molecule has 2 aromatic carbocycles. The van der Waals surface area contributed by atoms with Gasteiger partial charge in [-0.3, -0.25) is 10.1 Å². The molecule has 1 aliphatic heterocycles. The largest absolute Gasteiger partial charge is 0.360 e. The maximum Gasteiger partial charge on any atom is 0.278 e. The Labute approximate surface area is 129 Å². The fourth-order valence-electron chi connectivity index (χ4n) is 3.00. The summed E-state index contributed by atoms with van der Waals surface area (Å²) in [5, 5.41) is 11.1. The predicted octanol–water partition coefficient (Wildman–Crippen LogP) is 1.50. The van der Waals surface area contributed by atoms with Crippen LogP contribution in [0.25, 0.3) is 0 Å². The van der Waals surface area contributed by atoms with E-state index in [2.05, 4.69) is 29.2 Å². The minimum absolute atomic E-state index is 0.237. The molecule has 5 nitrogen and oxygen atoms in total. The maximum absolute atomic E-state index is 11.1. The average Bonchev–Trinajstić information content (AvgIpc) is 2.57. The number of quaternary nitrogens is 1. The van der Waals surface area contributed by atoms with E-state index in [0.717, 1.165) is 38.3 Å². The summed E-state index contributed by atoms with van der Waals surface area (Å²) in [5.41, 5.74) is 2.32. The molecule has 1 fully saturated rings. The molecule has 0 atom stereocenters. The summed E-state index contributed by atoms with van der Waals surface area (Å²) >= 11 is 0. The Morgan fingerprint density at radius 2 is 1.64 bits per heavy atom. The van der Waals surface area contributed by atoms with E-state index >= 15 is 0 Å². The van der Waals surface area contributed by atoms with Gasteiger partial charge in [0.15, 0.2) is 0 Å². The molecule has 2 aromatic rings. The number of hydrogen-bond acceptors (Lipinski definition) is 3. The molecule has 0 bridgehead atoms. The SMILES string of the molecule is O=[N+]([O-])c1ccccc1C[NH+]1CCN(c2ccccc2)CC1. The molecule has 0 amide bonds. The Hall–Kier alpha value is -2.40. The van der Waals surface area contributed by atoms with Gasteiger partial charge in [0.1, 0.15) is 6.54 Å². The van der Waals surface area contributed by atoms with Crippen molar-refractivity contribution in [2.45, 2.75) is 6.54 Å². The van der Waals surface area contributed by atoms with Crippen LogP contribution >= 0.6 is 0 Å². The van der Waals surface area contributed by atoms with Crippen molar-refractivity contribution in [2.24, 2.45) is 0 Å². The van der Waals surface area contributed by atoms with Crippen molar-refractivity contribution in [3.05, 3.63) is 70.3 Å². The van der Waals surface area contributed by atoms with Crippen molar-refractivity contribution in [3.63, 3.8) is 0 Å². The van der Waals surface area contributed by atoms with Crippen molar-refractivity contribution >= 4 is 11.4 Å². The van der Waals surface area contributed by atoms with Gasteiger partial charge in [-0.05, 0) is 18.2 Å². The molecular formula is C17H20N3O2+. The summed E-state index contributed by atoms with van der Waals surface area (Å²) in [4.78, 5) is 14.6. The highest BCUT2D eigenvalue weighted by Gasteiger charge is 2.23. The summed E-state index contributed by atoms with van der Waals surface area (Å²) in [6.45, 7) is 4.70. The maximum atomic E-state index is 11.1. The second-order valence-corrected chi connectivity index (χ2v) is 5.64. The molecule has 114 valence electrons. The average molecular weight is 298 g/mol. The van der Waals surface area contributed by atoms with Gasteiger partial charge in [-0.1, -0.05) is 30.3 Å². The lowest BCUT2D eigenvalue weighted by Crippen LogP contribution is -3.13. The van der Waals surface area contributed by atoms with Crippen LogP contribution in [0.1, 0.15) is 5.56 Å². The molecule has 5 heteroatoms. The Morgan fingerprint density at radius 1 is 1.00 bits per heavy atom. The summed E-state index contributed by atoms with van der Waals surface area (Å²) < 4.78 is 0. The van der Waals surface area contributed by atoms with E-state index in [1.54, 1.807) is 12.1 Å². The van der Waals surface area contributed by atoms with Gasteiger partial charge in [0.25, 0.3) is 5.69 Å². The lowest BCUT2D eigenvalue weighted by atomic mass is 10.1. The molecule has 1 heterocycles. The van der Waals surface area contributed by atoms with Crippen LogP contribution in [-0.2, 0) is 6.54 Å². The number of nitrogens with one attached hydrogen (secondary N) is 1. The number of nitro benzene ring substituents is 1. The molecule has 3 rings (SSSR count). The minimum Gasteiger partial charge on any atom is -0.360 e. The number of para-hydroxylation sites is 2. The second kappa shape index (κ2) is 6.58. The Bertz CT molecular complexity index is 637. The van der Waals surface area contributed by atoms with Gasteiger partial charge in [0.2, 0.25) is 0 Å². The van der Waals surface area contributed by atoms with Crippen molar-refractivity contribution in [3.8, 4) is 0 Å². The molecule has 0 aliphatic carbocycles. The van der Waals surface area contributed by atoms with Gasteiger partial charge in [0.05, 0.1) is 36.7 Å². The van der Waals surface area contributed by atoms with Gasteiger partial charge in [-0.15, -0.1) is 0 Å². The number of piperazine rings is 1. The van der Waals surface area contributed by atoms with E-state index in [9.17, 15) is 10.1 Å². The molecule has 0 spiro atoms. The second-order valence-electron chi connectivity index (χ2n) is 5.64. The Balaban J connectivity index is 1.62. The highest BCUT2D eigenvalue weighted by Crippen LogP contribution is 2.17. The van der Waals surface area contributed by atoms with Crippen LogP contribution in [0.15, 0.2) is 54.6 Å². The highest BCUT2D eigenvalue weighted by atomic mass is 16.6. The zero-order valence-electron chi connectivity index (χ0n) is 12.4. The number of nitrogens with zero attached hydrogens (tertiary/aromatic N) is 2. The lowest BCUT2D eigenvalue weighted by Gasteiger charge is -2.33. The van der Waals surface area contributed by atoms with E-state index in [-0.39, 0.29) is 10.6 Å². The first-order chi connectivity index (χ1) is 10.7. The van der Waals surface area contributed by atoms with Gasteiger partial charge in [-0.25, -0.2) is 0 Å². The zero-order valence-corrected chi connectivity index (χ0v) is 12.4. The first-order valence-electron chi connectivity index (χ1n) is 7.60. The zero-order chi connectivity index (χ0) is 15.4. The molecule has 1 aliphatic rings. The first kappa shape index (κ1) is 14.5. The number of nitro groups is 1. The third-order valence-electron chi connectivity index (χ3n) is 4.22. The van der Waals surface area contributed by atoms with E-state index in [4.69, 9.17) is 0 Å². The van der Waals surface area contributed by atoms with E-state index in [1.807, 2.05) is 18.2 Å². The molecule has 22 heavy (non-hydrogen) atoms.